The summed E-state index contributed by atoms with van der Waals surface area (Å²) in [7, 11) is 0. The molecule has 1 N–H and O–H groups in total. The number of amides is 1. The van der Waals surface area contributed by atoms with Crippen LogP contribution >= 0.6 is 15.9 Å². The van der Waals surface area contributed by atoms with Gasteiger partial charge in [-0.05, 0) is 55.8 Å². The van der Waals surface area contributed by atoms with Gasteiger partial charge in [-0.1, -0.05) is 35.2 Å². The Bertz CT molecular complexity index is 333. The Morgan fingerprint density at radius 3 is 2.47 bits per heavy atom. The van der Waals surface area contributed by atoms with Crippen LogP contribution in [0.2, 0.25) is 0 Å². The summed E-state index contributed by atoms with van der Waals surface area (Å²) >= 11 is 3.64. The van der Waals surface area contributed by atoms with Crippen molar-refractivity contribution in [2.75, 3.05) is 11.9 Å². The Morgan fingerprint density at radius 2 is 1.84 bits per heavy atom. The first kappa shape index (κ1) is 13.9. The lowest BCUT2D eigenvalue weighted by Crippen LogP contribution is -2.39. The first-order valence-corrected chi connectivity index (χ1v) is 9.23. The normalized spacial score (nSPS) is 41.4. The van der Waals surface area contributed by atoms with Gasteiger partial charge in [0.1, 0.15) is 0 Å². The first-order valence-electron chi connectivity index (χ1n) is 8.11. The monoisotopic (exact) mass is 327 g/mol. The average molecular weight is 328 g/mol. The summed E-state index contributed by atoms with van der Waals surface area (Å²) in [6.07, 6.45) is 10.5. The minimum absolute atomic E-state index is 0.352. The molecule has 3 rings (SSSR count). The quantitative estimate of drug-likeness (QED) is 0.783. The van der Waals surface area contributed by atoms with E-state index in [0.29, 0.717) is 23.7 Å². The number of alkyl halides is 1. The van der Waals surface area contributed by atoms with Gasteiger partial charge in [0.05, 0.1) is 0 Å². The number of fused-ring (bicyclic) bond motifs is 2. The van der Waals surface area contributed by atoms with E-state index in [0.717, 1.165) is 23.7 Å². The molecule has 108 valence electrons. The van der Waals surface area contributed by atoms with E-state index < -0.39 is 0 Å². The van der Waals surface area contributed by atoms with E-state index in [4.69, 9.17) is 0 Å². The molecule has 3 heteroatoms. The van der Waals surface area contributed by atoms with E-state index >= 15 is 0 Å². The molecule has 0 heterocycles. The summed E-state index contributed by atoms with van der Waals surface area (Å²) in [4.78, 5) is 12.4. The molecule has 3 aliphatic carbocycles. The highest BCUT2D eigenvalue weighted by molar-refractivity contribution is 9.09. The summed E-state index contributed by atoms with van der Waals surface area (Å²) in [5.74, 6) is 3.77. The molecule has 5 atom stereocenters. The number of carbonyl (C=O) groups is 1. The Balaban J connectivity index is 1.47. The van der Waals surface area contributed by atoms with Crippen LogP contribution in [0, 0.1) is 29.6 Å². The van der Waals surface area contributed by atoms with Crippen LogP contribution in [0.4, 0.5) is 0 Å². The second kappa shape index (κ2) is 6.15. The Kier molecular flexibility index (Phi) is 4.51. The summed E-state index contributed by atoms with van der Waals surface area (Å²) in [5, 5.41) is 4.38. The number of halogens is 1. The fourth-order valence-electron chi connectivity index (χ4n) is 4.68. The lowest BCUT2D eigenvalue weighted by atomic mass is 9.80. The average Bonchev–Trinajstić information content (AvgIpc) is 3.07. The van der Waals surface area contributed by atoms with Crippen molar-refractivity contribution in [2.45, 2.75) is 51.4 Å². The molecular weight excluding hydrogens is 302 g/mol. The fraction of sp³-hybridized carbons (Fsp3) is 0.938. The molecule has 3 fully saturated rings. The predicted octanol–water partition coefficient (Wildman–Crippen LogP) is 3.74. The Labute approximate surface area is 125 Å². The molecule has 2 bridgehead atoms. The van der Waals surface area contributed by atoms with Crippen LogP contribution in [0.1, 0.15) is 51.4 Å². The number of rotatable bonds is 4. The van der Waals surface area contributed by atoms with Gasteiger partial charge in [0.2, 0.25) is 5.91 Å². The molecule has 1 amide bonds. The van der Waals surface area contributed by atoms with E-state index in [-0.39, 0.29) is 0 Å². The molecule has 5 unspecified atom stereocenters. The molecule has 3 saturated carbocycles. The molecule has 0 aromatic rings. The zero-order chi connectivity index (χ0) is 13.2. The van der Waals surface area contributed by atoms with Crippen LogP contribution in [0.25, 0.3) is 0 Å². The van der Waals surface area contributed by atoms with E-state index in [1.54, 1.807) is 0 Å². The lowest BCUT2D eigenvalue weighted by Gasteiger charge is -2.31. The van der Waals surface area contributed by atoms with Gasteiger partial charge >= 0.3 is 0 Å². The smallest absolute Gasteiger partial charge is 0.223 e. The third-order valence-electron chi connectivity index (χ3n) is 5.88. The zero-order valence-electron chi connectivity index (χ0n) is 11.7. The van der Waals surface area contributed by atoms with Crippen molar-refractivity contribution in [1.82, 2.24) is 5.32 Å². The van der Waals surface area contributed by atoms with Crippen LogP contribution in [-0.4, -0.2) is 17.8 Å². The van der Waals surface area contributed by atoms with Gasteiger partial charge in [-0.25, -0.2) is 0 Å². The largest absolute Gasteiger partial charge is 0.356 e. The van der Waals surface area contributed by atoms with Gasteiger partial charge in [0, 0.05) is 17.8 Å². The molecule has 19 heavy (non-hydrogen) atoms. The highest BCUT2D eigenvalue weighted by Crippen LogP contribution is 2.48. The topological polar surface area (TPSA) is 29.1 Å². The van der Waals surface area contributed by atoms with Gasteiger partial charge in [0.15, 0.2) is 0 Å². The third-order valence-corrected chi connectivity index (χ3v) is 6.71. The third kappa shape index (κ3) is 3.01. The summed E-state index contributed by atoms with van der Waals surface area (Å²) in [6.45, 7) is 0.920. The van der Waals surface area contributed by atoms with Gasteiger partial charge in [-0.3, -0.25) is 4.79 Å². The summed E-state index contributed by atoms with van der Waals surface area (Å²) < 4.78 is 0. The second-order valence-electron chi connectivity index (χ2n) is 6.99. The minimum atomic E-state index is 0.352. The van der Waals surface area contributed by atoms with E-state index in [1.807, 2.05) is 0 Å². The van der Waals surface area contributed by atoms with Gasteiger partial charge < -0.3 is 5.32 Å². The highest BCUT2D eigenvalue weighted by Gasteiger charge is 2.43. The molecule has 0 radical (unpaired) electrons. The van der Waals surface area contributed by atoms with Crippen molar-refractivity contribution in [1.29, 1.82) is 0 Å². The summed E-state index contributed by atoms with van der Waals surface area (Å²) in [6, 6.07) is 0. The maximum atomic E-state index is 12.4. The van der Waals surface area contributed by atoms with Crippen LogP contribution in [-0.2, 0) is 4.79 Å². The van der Waals surface area contributed by atoms with Gasteiger partial charge in [-0.15, -0.1) is 0 Å². The van der Waals surface area contributed by atoms with Crippen molar-refractivity contribution in [3.8, 4) is 0 Å². The maximum absolute atomic E-state index is 12.4. The van der Waals surface area contributed by atoms with Crippen molar-refractivity contribution in [2.24, 2.45) is 29.6 Å². The number of nitrogens with one attached hydrogen (secondary N) is 1. The van der Waals surface area contributed by atoms with Gasteiger partial charge in [-0.2, -0.15) is 0 Å². The minimum Gasteiger partial charge on any atom is -0.356 e. The van der Waals surface area contributed by atoms with Crippen molar-refractivity contribution in [3.05, 3.63) is 0 Å². The SMILES string of the molecule is O=C(NCC1CCCCC1CBr)C1CC2CCC1C2. The van der Waals surface area contributed by atoms with E-state index in [1.165, 1.54) is 51.4 Å². The fourth-order valence-corrected chi connectivity index (χ4v) is 5.54. The molecule has 0 aliphatic heterocycles. The molecule has 0 saturated heterocycles. The van der Waals surface area contributed by atoms with Crippen molar-refractivity contribution >= 4 is 21.8 Å². The molecular formula is C16H26BrNO. The number of hydrogen-bond donors (Lipinski definition) is 1. The van der Waals surface area contributed by atoms with E-state index in [2.05, 4.69) is 21.2 Å². The second-order valence-corrected chi connectivity index (χ2v) is 7.63. The Morgan fingerprint density at radius 1 is 1.05 bits per heavy atom. The maximum Gasteiger partial charge on any atom is 0.223 e. The first-order chi connectivity index (χ1) is 9.28. The zero-order valence-corrected chi connectivity index (χ0v) is 13.3. The Hall–Kier alpha value is -0.0500. The molecule has 2 nitrogen and oxygen atoms in total. The van der Waals surface area contributed by atoms with Crippen LogP contribution < -0.4 is 5.32 Å². The molecule has 0 spiro atoms. The number of hydrogen-bond acceptors (Lipinski definition) is 1. The lowest BCUT2D eigenvalue weighted by molar-refractivity contribution is -0.126. The highest BCUT2D eigenvalue weighted by atomic mass is 79.9. The van der Waals surface area contributed by atoms with E-state index in [9.17, 15) is 4.79 Å². The standard InChI is InChI=1S/C16H26BrNO/c17-9-13-3-1-2-4-14(13)10-18-16(19)15-8-11-5-6-12(15)7-11/h11-15H,1-10H2,(H,18,19). The molecule has 3 aliphatic rings. The van der Waals surface area contributed by atoms with Crippen molar-refractivity contribution in [3.63, 3.8) is 0 Å². The van der Waals surface area contributed by atoms with Crippen LogP contribution in [0.15, 0.2) is 0 Å². The van der Waals surface area contributed by atoms with Gasteiger partial charge in [0.25, 0.3) is 0 Å². The van der Waals surface area contributed by atoms with Crippen LogP contribution in [0.5, 0.6) is 0 Å². The summed E-state index contributed by atoms with van der Waals surface area (Å²) in [5.41, 5.74) is 0. The molecule has 0 aromatic heterocycles. The van der Waals surface area contributed by atoms with Crippen LogP contribution in [0.3, 0.4) is 0 Å². The van der Waals surface area contributed by atoms with Crippen molar-refractivity contribution < 1.29 is 4.79 Å². The number of carbonyl (C=O) groups excluding carboxylic acids is 1. The predicted molar refractivity (Wildman–Crippen MR) is 81.2 cm³/mol. The molecule has 0 aromatic carbocycles.